The number of aliphatic hydroxyl groups is 2. The van der Waals surface area contributed by atoms with Crippen molar-refractivity contribution in [1.29, 1.82) is 0 Å². The molecule has 7 aromatic rings. The second kappa shape index (κ2) is 30.6. The van der Waals surface area contributed by atoms with Crippen LogP contribution in [0.25, 0.3) is 0 Å². The predicted octanol–water partition coefficient (Wildman–Crippen LogP) is 12.0. The lowest BCUT2D eigenvalue weighted by molar-refractivity contribution is 0.0591. The number of rotatable bonds is 12. The van der Waals surface area contributed by atoms with Crippen molar-refractivity contribution in [2.24, 2.45) is 0 Å². The van der Waals surface area contributed by atoms with E-state index in [0.29, 0.717) is 38.6 Å². The SMILES string of the molecule is Brc1cc(Cn2ccnc2)cc(Cn2ccnc2)c1.COC(=O)c1cc(Br)cc(C(C)=O)c1.COC(=O)c1cc(N)cc(C(C)=O)c1.ClCc1cc(Br)cc(CCl)c1.OCc1cc(Br)cc(CO)c1. The van der Waals surface area contributed by atoms with Crippen molar-refractivity contribution in [3.8, 4) is 0 Å². The lowest BCUT2D eigenvalue weighted by atomic mass is 10.1. The molecular weight excluding hydrogens is 1190 g/mol. The third-order valence-electron chi connectivity index (χ3n) is 9.08. The number of hydrogen-bond acceptors (Lipinski definition) is 11. The molecule has 0 atom stereocenters. The van der Waals surface area contributed by atoms with Crippen LogP contribution in [0.4, 0.5) is 5.69 Å². The van der Waals surface area contributed by atoms with Crippen LogP contribution >= 0.6 is 86.9 Å². The van der Waals surface area contributed by atoms with E-state index in [0.717, 1.165) is 48.8 Å². The largest absolute Gasteiger partial charge is 0.465 e. The molecular formula is C50H49Br4Cl2N5O8. The Balaban J connectivity index is 0.000000232. The maximum absolute atomic E-state index is 11.2. The Kier molecular flexibility index (Phi) is 25.9. The zero-order valence-corrected chi connectivity index (χ0v) is 45.7. The van der Waals surface area contributed by atoms with Crippen molar-refractivity contribution in [2.45, 2.75) is 51.9 Å². The number of aromatic nitrogens is 4. The summed E-state index contributed by atoms with van der Waals surface area (Å²) >= 11 is 24.8. The van der Waals surface area contributed by atoms with E-state index >= 15 is 0 Å². The summed E-state index contributed by atoms with van der Waals surface area (Å²) in [6.45, 7) is 4.53. The van der Waals surface area contributed by atoms with Crippen molar-refractivity contribution in [3.63, 3.8) is 0 Å². The number of nitrogen functional groups attached to an aromatic ring is 1. The van der Waals surface area contributed by atoms with Gasteiger partial charge in [-0.1, -0.05) is 81.9 Å². The first-order valence-electron chi connectivity index (χ1n) is 20.4. The second-order valence-electron chi connectivity index (χ2n) is 14.6. The lowest BCUT2D eigenvalue weighted by Gasteiger charge is -2.08. The number of aliphatic hydroxyl groups excluding tert-OH is 2. The van der Waals surface area contributed by atoms with Crippen molar-refractivity contribution >= 4 is 116 Å². The fourth-order valence-corrected chi connectivity index (χ4v) is 8.54. The summed E-state index contributed by atoms with van der Waals surface area (Å²) in [4.78, 5) is 52.6. The summed E-state index contributed by atoms with van der Waals surface area (Å²) in [5.74, 6) is -0.111. The summed E-state index contributed by atoms with van der Waals surface area (Å²) in [6, 6.07) is 27.1. The van der Waals surface area contributed by atoms with Crippen LogP contribution in [-0.4, -0.2) is 67.0 Å². The van der Waals surface area contributed by atoms with Crippen LogP contribution in [-0.2, 0) is 47.5 Å². The van der Waals surface area contributed by atoms with Gasteiger partial charge in [-0.2, -0.15) is 0 Å². The van der Waals surface area contributed by atoms with Gasteiger partial charge in [0.05, 0.1) is 51.2 Å². The highest BCUT2D eigenvalue weighted by Gasteiger charge is 2.11. The number of methoxy groups -OCH3 is 2. The summed E-state index contributed by atoms with van der Waals surface area (Å²) < 4.78 is 16.9. The smallest absolute Gasteiger partial charge is 0.337 e. The van der Waals surface area contributed by atoms with E-state index in [1.54, 1.807) is 30.6 Å². The van der Waals surface area contributed by atoms with Gasteiger partial charge in [-0.05, 0) is 120 Å². The zero-order chi connectivity index (χ0) is 51.0. The number of alkyl halides is 2. The number of ketones is 2. The maximum atomic E-state index is 11.2. The third-order valence-corrected chi connectivity index (χ3v) is 11.5. The Morgan fingerprint density at radius 1 is 0.522 bits per heavy atom. The van der Waals surface area contributed by atoms with Crippen LogP contribution in [0.3, 0.4) is 0 Å². The number of Topliss-reactive ketones (excluding diaryl/α,β-unsaturated/α-hetero) is 2. The van der Waals surface area contributed by atoms with E-state index in [4.69, 9.17) is 39.1 Å². The summed E-state index contributed by atoms with van der Waals surface area (Å²) in [5.41, 5.74) is 13.8. The zero-order valence-electron chi connectivity index (χ0n) is 37.8. The molecule has 0 spiro atoms. The van der Waals surface area contributed by atoms with Crippen LogP contribution in [0.15, 0.2) is 146 Å². The van der Waals surface area contributed by atoms with Crippen LogP contribution in [0.5, 0.6) is 0 Å². The highest BCUT2D eigenvalue weighted by Crippen LogP contribution is 2.21. The van der Waals surface area contributed by atoms with Gasteiger partial charge in [0, 0.05) is 84.3 Å². The minimum atomic E-state index is -0.500. The molecule has 0 saturated carbocycles. The molecule has 2 aromatic heterocycles. The van der Waals surface area contributed by atoms with E-state index in [1.807, 2.05) is 55.4 Å². The molecule has 0 bridgehead atoms. The van der Waals surface area contributed by atoms with Gasteiger partial charge in [-0.3, -0.25) is 9.59 Å². The van der Waals surface area contributed by atoms with E-state index in [9.17, 15) is 19.2 Å². The maximum Gasteiger partial charge on any atom is 0.337 e. The summed E-state index contributed by atoms with van der Waals surface area (Å²) in [5, 5.41) is 17.6. The molecule has 0 aliphatic rings. The van der Waals surface area contributed by atoms with Gasteiger partial charge in [-0.15, -0.1) is 23.2 Å². The minimum Gasteiger partial charge on any atom is -0.465 e. The molecule has 7 rings (SSSR count). The quantitative estimate of drug-likeness (QED) is 0.0457. The van der Waals surface area contributed by atoms with Crippen molar-refractivity contribution < 1.29 is 38.9 Å². The van der Waals surface area contributed by atoms with Crippen molar-refractivity contribution in [2.75, 3.05) is 20.0 Å². The van der Waals surface area contributed by atoms with Gasteiger partial charge < -0.3 is 34.6 Å². The molecule has 364 valence electrons. The number of imidazole rings is 2. The molecule has 0 saturated heterocycles. The highest BCUT2D eigenvalue weighted by molar-refractivity contribution is 9.11. The number of esters is 2. The van der Waals surface area contributed by atoms with Crippen molar-refractivity contribution in [3.05, 3.63) is 202 Å². The standard InChI is InChI=1S/C14H13BrN4.C10H9BrO3.C10H11NO3.C8H7BrCl2.C8H9BrO2/c15-14-6-12(8-18-3-1-16-10-18)5-13(7-14)9-19-4-2-17-11-19;2*1-6(12)7-3-8(10(13)14-2)5-9(11)4-7;2*9-8-2-6(4-10)1-7(3-8)5-11/h1-7,10-11H,8-9H2;3-5H,1-2H3;3-5H,11H2,1-2H3;1-3H,4-5H2;1-3,10-11H,4-5H2. The van der Waals surface area contributed by atoms with Crippen LogP contribution in [0.2, 0.25) is 0 Å². The van der Waals surface area contributed by atoms with E-state index < -0.39 is 11.9 Å². The van der Waals surface area contributed by atoms with Gasteiger partial charge in [-0.25, -0.2) is 19.6 Å². The molecule has 69 heavy (non-hydrogen) atoms. The van der Waals surface area contributed by atoms with Crippen LogP contribution in [0, 0.1) is 0 Å². The monoisotopic (exact) mass is 1230 g/mol. The number of halogens is 6. The van der Waals surface area contributed by atoms with E-state index in [2.05, 4.69) is 110 Å². The summed E-state index contributed by atoms with van der Waals surface area (Å²) in [6.07, 6.45) is 11.2. The molecule has 0 amide bonds. The minimum absolute atomic E-state index is 0.00639. The molecule has 5 aromatic carbocycles. The number of nitrogens with zero attached hydrogens (tertiary/aromatic N) is 4. The van der Waals surface area contributed by atoms with Crippen LogP contribution < -0.4 is 5.73 Å². The fourth-order valence-electron chi connectivity index (χ4n) is 5.97. The molecule has 4 N–H and O–H groups in total. The van der Waals surface area contributed by atoms with Gasteiger partial charge in [0.15, 0.2) is 11.6 Å². The average molecular weight is 1240 g/mol. The molecule has 2 heterocycles. The molecule has 0 fully saturated rings. The number of anilines is 1. The topological polar surface area (TPSA) is 189 Å². The molecule has 0 aliphatic carbocycles. The number of benzene rings is 5. The third kappa shape index (κ3) is 21.3. The Bertz CT molecular complexity index is 2550. The number of carbonyl (C=O) groups excluding carboxylic acids is 4. The lowest BCUT2D eigenvalue weighted by Crippen LogP contribution is -2.05. The molecule has 13 nitrogen and oxygen atoms in total. The Morgan fingerprint density at radius 2 is 0.855 bits per heavy atom. The van der Waals surface area contributed by atoms with Crippen LogP contribution in [0.1, 0.15) is 88.7 Å². The fraction of sp³-hybridized carbons (Fsp3) is 0.200. The molecule has 0 radical (unpaired) electrons. The van der Waals surface area contributed by atoms with Gasteiger partial charge in [0.2, 0.25) is 0 Å². The Hall–Kier alpha value is -4.98. The molecule has 0 unspecified atom stereocenters. The van der Waals surface area contributed by atoms with Gasteiger partial charge >= 0.3 is 11.9 Å². The van der Waals surface area contributed by atoms with Gasteiger partial charge in [0.1, 0.15) is 0 Å². The summed E-state index contributed by atoms with van der Waals surface area (Å²) in [7, 11) is 2.58. The predicted molar refractivity (Wildman–Crippen MR) is 284 cm³/mol. The number of ether oxygens (including phenoxy) is 2. The van der Waals surface area contributed by atoms with Gasteiger partial charge in [0.25, 0.3) is 0 Å². The first-order chi connectivity index (χ1) is 32.9. The van der Waals surface area contributed by atoms with Crippen molar-refractivity contribution in [1.82, 2.24) is 19.1 Å². The molecule has 19 heteroatoms. The first kappa shape index (κ1) is 58.3. The second-order valence-corrected chi connectivity index (χ2v) is 18.8. The molecule has 0 aliphatic heterocycles. The highest BCUT2D eigenvalue weighted by atomic mass is 79.9. The first-order valence-corrected chi connectivity index (χ1v) is 24.6. The van der Waals surface area contributed by atoms with E-state index in [-0.39, 0.29) is 30.3 Å². The Morgan fingerprint density at radius 3 is 1.23 bits per heavy atom. The average Bonchev–Trinajstić information content (AvgIpc) is 4.05. The normalized spacial score (nSPS) is 10.1. The van der Waals surface area contributed by atoms with E-state index in [1.165, 1.54) is 63.5 Å². The number of carbonyl (C=O) groups is 4. The number of nitrogens with two attached hydrogens (primary N) is 1. The number of hydrogen-bond donors (Lipinski definition) is 3. The Labute approximate surface area is 444 Å².